The van der Waals surface area contributed by atoms with Crippen molar-refractivity contribution in [1.82, 2.24) is 14.7 Å². The Hall–Kier alpha value is -3.23. The number of amides is 2. The molecular formula is C28H34N4O4. The Morgan fingerprint density at radius 1 is 0.806 bits per heavy atom. The van der Waals surface area contributed by atoms with Gasteiger partial charge in [-0.2, -0.15) is 0 Å². The minimum atomic E-state index is -0.927. The molecule has 5 rings (SSSR count). The second kappa shape index (κ2) is 10.8. The molecule has 8 heteroatoms. The van der Waals surface area contributed by atoms with E-state index in [0.29, 0.717) is 29.9 Å². The number of para-hydroxylation sites is 1. The number of aliphatic carboxylic acids is 1. The first-order valence-corrected chi connectivity index (χ1v) is 13.0. The van der Waals surface area contributed by atoms with Crippen molar-refractivity contribution >= 4 is 23.5 Å². The van der Waals surface area contributed by atoms with Crippen LogP contribution in [0.5, 0.6) is 0 Å². The molecule has 0 aromatic heterocycles. The third-order valence-electron chi connectivity index (χ3n) is 7.74. The summed E-state index contributed by atoms with van der Waals surface area (Å²) < 4.78 is 0. The molecule has 0 radical (unpaired) electrons. The molecule has 2 amide bonds. The van der Waals surface area contributed by atoms with Crippen LogP contribution < -0.4 is 4.90 Å². The van der Waals surface area contributed by atoms with Crippen LogP contribution in [0.25, 0.3) is 0 Å². The first kappa shape index (κ1) is 24.5. The number of hydrogen-bond donors (Lipinski definition) is 1. The average Bonchev–Trinajstić information content (AvgIpc) is 3.40. The van der Waals surface area contributed by atoms with Crippen molar-refractivity contribution in [2.45, 2.75) is 25.2 Å². The van der Waals surface area contributed by atoms with Crippen LogP contribution in [0.3, 0.4) is 0 Å². The summed E-state index contributed by atoms with van der Waals surface area (Å²) in [5.74, 6) is -1.72. The van der Waals surface area contributed by atoms with Crippen molar-refractivity contribution in [3.05, 3.63) is 65.2 Å². The highest BCUT2D eigenvalue weighted by molar-refractivity contribution is 6.11. The Balaban J connectivity index is 1.31. The first-order chi connectivity index (χ1) is 17.5. The molecule has 0 bridgehead atoms. The van der Waals surface area contributed by atoms with Gasteiger partial charge in [-0.1, -0.05) is 36.4 Å². The number of carboxylic acids is 1. The van der Waals surface area contributed by atoms with E-state index in [1.54, 1.807) is 12.1 Å². The fraction of sp³-hybridized carbons (Fsp3) is 0.464. The third kappa shape index (κ3) is 5.15. The predicted molar refractivity (Wildman–Crippen MR) is 137 cm³/mol. The Morgan fingerprint density at radius 3 is 2.11 bits per heavy atom. The summed E-state index contributed by atoms with van der Waals surface area (Å²) in [5.41, 5.74) is 2.53. The number of benzene rings is 2. The van der Waals surface area contributed by atoms with Crippen molar-refractivity contribution in [2.24, 2.45) is 0 Å². The molecule has 1 atom stereocenters. The number of nitrogens with zero attached hydrogens (tertiary/aromatic N) is 4. The van der Waals surface area contributed by atoms with Gasteiger partial charge < -0.3 is 14.9 Å². The van der Waals surface area contributed by atoms with Crippen LogP contribution in [-0.4, -0.2) is 96.5 Å². The normalized spacial score (nSPS) is 20.7. The zero-order valence-corrected chi connectivity index (χ0v) is 20.6. The van der Waals surface area contributed by atoms with Crippen LogP contribution in [0.4, 0.5) is 5.69 Å². The van der Waals surface area contributed by atoms with Gasteiger partial charge in [0.05, 0.1) is 6.42 Å². The summed E-state index contributed by atoms with van der Waals surface area (Å²) in [6.45, 7) is 7.44. The Morgan fingerprint density at radius 2 is 1.42 bits per heavy atom. The minimum Gasteiger partial charge on any atom is -0.481 e. The molecule has 2 aromatic rings. The van der Waals surface area contributed by atoms with Gasteiger partial charge in [-0.15, -0.1) is 0 Å². The highest BCUT2D eigenvalue weighted by Crippen LogP contribution is 2.40. The largest absolute Gasteiger partial charge is 0.481 e. The van der Waals surface area contributed by atoms with Gasteiger partial charge in [0.1, 0.15) is 6.54 Å². The maximum atomic E-state index is 13.7. The zero-order chi connectivity index (χ0) is 25.1. The van der Waals surface area contributed by atoms with E-state index in [4.69, 9.17) is 0 Å². The highest BCUT2D eigenvalue weighted by Gasteiger charge is 2.35. The number of carbonyl (C=O) groups is 3. The molecule has 0 aliphatic carbocycles. The van der Waals surface area contributed by atoms with E-state index in [9.17, 15) is 19.5 Å². The van der Waals surface area contributed by atoms with Crippen molar-refractivity contribution in [2.75, 3.05) is 63.8 Å². The van der Waals surface area contributed by atoms with E-state index in [1.807, 2.05) is 41.3 Å². The number of anilines is 1. The molecule has 2 aromatic carbocycles. The number of fused-ring (bicyclic) bond motifs is 2. The Bertz CT molecular complexity index is 1120. The lowest BCUT2D eigenvalue weighted by molar-refractivity contribution is -0.137. The van der Waals surface area contributed by atoms with Gasteiger partial charge in [0, 0.05) is 56.4 Å². The molecule has 8 nitrogen and oxygen atoms in total. The second-order valence-corrected chi connectivity index (χ2v) is 9.96. The van der Waals surface area contributed by atoms with Gasteiger partial charge in [-0.05, 0) is 49.2 Å². The van der Waals surface area contributed by atoms with Gasteiger partial charge in [0.25, 0.3) is 5.91 Å². The van der Waals surface area contributed by atoms with Crippen molar-refractivity contribution in [3.8, 4) is 0 Å². The Kier molecular flexibility index (Phi) is 7.34. The van der Waals surface area contributed by atoms with E-state index >= 15 is 0 Å². The molecule has 3 aliphatic heterocycles. The van der Waals surface area contributed by atoms with Crippen LogP contribution in [0.15, 0.2) is 48.5 Å². The molecule has 2 saturated heterocycles. The monoisotopic (exact) mass is 490 g/mol. The maximum absolute atomic E-state index is 13.7. The quantitative estimate of drug-likeness (QED) is 0.642. The second-order valence-electron chi connectivity index (χ2n) is 9.96. The number of likely N-dealkylation sites (tertiary alicyclic amines) is 1. The highest BCUT2D eigenvalue weighted by atomic mass is 16.4. The Labute approximate surface area is 212 Å². The van der Waals surface area contributed by atoms with Gasteiger partial charge in [0.2, 0.25) is 5.91 Å². The lowest BCUT2D eigenvalue weighted by atomic mass is 9.86. The summed E-state index contributed by atoms with van der Waals surface area (Å²) >= 11 is 0. The molecule has 1 unspecified atom stereocenters. The predicted octanol–water partition coefficient (Wildman–Crippen LogP) is 2.49. The SMILES string of the molecule is O=C(O)CC1c2ccccc2C(=O)N(CC(=O)N2CCN(CCN3CCCC3)CC2)c2ccccc21. The molecule has 2 fully saturated rings. The van der Waals surface area contributed by atoms with E-state index in [-0.39, 0.29) is 24.8 Å². The molecule has 1 N–H and O–H groups in total. The van der Waals surface area contributed by atoms with Gasteiger partial charge >= 0.3 is 5.97 Å². The average molecular weight is 491 g/mol. The third-order valence-corrected chi connectivity index (χ3v) is 7.74. The number of piperazine rings is 1. The topological polar surface area (TPSA) is 84.4 Å². The molecule has 0 spiro atoms. The smallest absolute Gasteiger partial charge is 0.304 e. The van der Waals surface area contributed by atoms with Gasteiger partial charge in [-0.3, -0.25) is 24.2 Å². The molecule has 190 valence electrons. The van der Waals surface area contributed by atoms with E-state index in [1.165, 1.54) is 30.8 Å². The van der Waals surface area contributed by atoms with Crippen LogP contribution in [-0.2, 0) is 9.59 Å². The van der Waals surface area contributed by atoms with E-state index in [2.05, 4.69) is 9.80 Å². The van der Waals surface area contributed by atoms with E-state index in [0.717, 1.165) is 31.7 Å². The standard InChI is InChI=1S/C28H34N4O4/c33-26(31-17-15-30(16-18-31)14-13-29-11-5-6-12-29)20-32-25-10-4-3-8-22(25)24(19-27(34)35)21-7-1-2-9-23(21)28(32)36/h1-4,7-10,24H,5-6,11-20H2,(H,34,35). The summed E-state index contributed by atoms with van der Waals surface area (Å²) in [7, 11) is 0. The van der Waals surface area contributed by atoms with Crippen LogP contribution in [0.1, 0.15) is 46.7 Å². The first-order valence-electron chi connectivity index (χ1n) is 13.0. The molecular weight excluding hydrogens is 456 g/mol. The van der Waals surface area contributed by atoms with E-state index < -0.39 is 11.9 Å². The lowest BCUT2D eigenvalue weighted by Gasteiger charge is -2.36. The van der Waals surface area contributed by atoms with Crippen molar-refractivity contribution in [1.29, 1.82) is 0 Å². The van der Waals surface area contributed by atoms with Gasteiger partial charge in [-0.25, -0.2) is 0 Å². The molecule has 3 aliphatic rings. The number of carbonyl (C=O) groups excluding carboxylic acids is 2. The van der Waals surface area contributed by atoms with Crippen LogP contribution >= 0.6 is 0 Å². The zero-order valence-electron chi connectivity index (χ0n) is 20.6. The van der Waals surface area contributed by atoms with Crippen LogP contribution in [0, 0.1) is 0 Å². The van der Waals surface area contributed by atoms with Crippen LogP contribution in [0.2, 0.25) is 0 Å². The summed E-state index contributed by atoms with van der Waals surface area (Å²) in [6, 6.07) is 14.5. The van der Waals surface area contributed by atoms with Crippen molar-refractivity contribution in [3.63, 3.8) is 0 Å². The maximum Gasteiger partial charge on any atom is 0.304 e. The fourth-order valence-corrected chi connectivity index (χ4v) is 5.74. The van der Waals surface area contributed by atoms with Crippen molar-refractivity contribution < 1.29 is 19.5 Å². The summed E-state index contributed by atoms with van der Waals surface area (Å²) in [5, 5.41) is 9.61. The summed E-state index contributed by atoms with van der Waals surface area (Å²) in [4.78, 5) is 47.1. The molecule has 0 saturated carbocycles. The van der Waals surface area contributed by atoms with Gasteiger partial charge in [0.15, 0.2) is 0 Å². The minimum absolute atomic E-state index is 0.0578. The number of carboxylic acid groups (broad SMARTS) is 1. The fourth-order valence-electron chi connectivity index (χ4n) is 5.74. The molecule has 3 heterocycles. The molecule has 36 heavy (non-hydrogen) atoms. The number of rotatable bonds is 7. The number of hydrogen-bond acceptors (Lipinski definition) is 5. The summed E-state index contributed by atoms with van der Waals surface area (Å²) in [6.07, 6.45) is 2.47. The lowest BCUT2D eigenvalue weighted by Crippen LogP contribution is -2.52.